The number of hydrogen-bond acceptors (Lipinski definition) is 4. The van der Waals surface area contributed by atoms with Gasteiger partial charge in [-0.1, -0.05) is 6.07 Å². The lowest BCUT2D eigenvalue weighted by Gasteiger charge is -2.09. The molecule has 6 heteroatoms. The summed E-state index contributed by atoms with van der Waals surface area (Å²) in [6, 6.07) is 11.7. The van der Waals surface area contributed by atoms with Gasteiger partial charge in [0, 0.05) is 16.9 Å². The maximum Gasteiger partial charge on any atom is 0.338 e. The van der Waals surface area contributed by atoms with E-state index in [0.717, 1.165) is 5.56 Å². The van der Waals surface area contributed by atoms with Crippen molar-refractivity contribution in [3.63, 3.8) is 0 Å². The van der Waals surface area contributed by atoms with Crippen molar-refractivity contribution in [1.82, 2.24) is 0 Å². The van der Waals surface area contributed by atoms with Gasteiger partial charge in [-0.2, -0.15) is 0 Å². The molecule has 22 heavy (non-hydrogen) atoms. The van der Waals surface area contributed by atoms with Crippen molar-refractivity contribution in [1.29, 1.82) is 0 Å². The smallest absolute Gasteiger partial charge is 0.338 e. The van der Waals surface area contributed by atoms with Crippen molar-refractivity contribution in [2.75, 3.05) is 17.7 Å². The number of carbonyl (C=O) groups excluding carboxylic acids is 2. The van der Waals surface area contributed by atoms with E-state index in [1.54, 1.807) is 49.6 Å². The van der Waals surface area contributed by atoms with E-state index in [0.29, 0.717) is 22.7 Å². The molecule has 112 valence electrons. The molecule has 0 aliphatic carbocycles. The maximum absolute atomic E-state index is 11.9. The second-order valence-electron chi connectivity index (χ2n) is 4.76. The van der Waals surface area contributed by atoms with Gasteiger partial charge < -0.3 is 20.1 Å². The molecule has 0 spiro atoms. The van der Waals surface area contributed by atoms with Gasteiger partial charge in [0.2, 0.25) is 0 Å². The second kappa shape index (κ2) is 5.77. The Morgan fingerprint density at radius 1 is 1.09 bits per heavy atom. The molecule has 1 heterocycles. The molecule has 3 rings (SSSR count). The first kappa shape index (κ1) is 13.9. The summed E-state index contributed by atoms with van der Waals surface area (Å²) in [5, 5.41) is 5.38. The fraction of sp³-hybridized carbons (Fsp3) is 0.125. The summed E-state index contributed by atoms with van der Waals surface area (Å²) in [5.74, 6) is 0.345. The van der Waals surface area contributed by atoms with E-state index in [9.17, 15) is 9.59 Å². The van der Waals surface area contributed by atoms with Gasteiger partial charge in [0.05, 0.1) is 12.7 Å². The Hall–Kier alpha value is -3.02. The van der Waals surface area contributed by atoms with Crippen molar-refractivity contribution < 1.29 is 19.1 Å². The number of esters is 1. The van der Waals surface area contributed by atoms with Crippen LogP contribution in [0.2, 0.25) is 0 Å². The number of urea groups is 1. The standard InChI is InChI=1S/C16H14N2O4/c1-21-13-6-4-11(5-7-13)17-16(20)18-12-3-2-10-9-22-15(19)14(10)8-12/h2-8H,9H2,1H3,(H2,17,18,20). The zero-order valence-corrected chi connectivity index (χ0v) is 11.9. The Morgan fingerprint density at radius 2 is 1.77 bits per heavy atom. The number of hydrogen-bond donors (Lipinski definition) is 2. The molecular formula is C16H14N2O4. The normalized spacial score (nSPS) is 12.3. The monoisotopic (exact) mass is 298 g/mol. The molecular weight excluding hydrogens is 284 g/mol. The Bertz CT molecular complexity index is 725. The van der Waals surface area contributed by atoms with Gasteiger partial charge in [-0.05, 0) is 36.4 Å². The predicted octanol–water partition coefficient (Wildman–Crippen LogP) is 3.01. The van der Waals surface area contributed by atoms with Gasteiger partial charge in [0.25, 0.3) is 0 Å². The predicted molar refractivity (Wildman–Crippen MR) is 81.2 cm³/mol. The minimum atomic E-state index is -0.392. The molecule has 2 aromatic rings. The third-order valence-corrected chi connectivity index (χ3v) is 3.29. The fourth-order valence-electron chi connectivity index (χ4n) is 2.16. The van der Waals surface area contributed by atoms with E-state index in [-0.39, 0.29) is 12.6 Å². The number of cyclic esters (lactones) is 1. The molecule has 2 amide bonds. The van der Waals surface area contributed by atoms with Crippen LogP contribution in [0, 0.1) is 0 Å². The van der Waals surface area contributed by atoms with Gasteiger partial charge in [-0.25, -0.2) is 9.59 Å². The lowest BCUT2D eigenvalue weighted by atomic mass is 10.1. The molecule has 0 atom stereocenters. The minimum absolute atomic E-state index is 0.284. The molecule has 2 N–H and O–H groups in total. The Balaban J connectivity index is 1.66. The van der Waals surface area contributed by atoms with Crippen LogP contribution in [-0.2, 0) is 11.3 Å². The number of ether oxygens (including phenoxy) is 2. The van der Waals surface area contributed by atoms with Gasteiger partial charge >= 0.3 is 12.0 Å². The zero-order chi connectivity index (χ0) is 15.5. The van der Waals surface area contributed by atoms with Crippen molar-refractivity contribution in [3.8, 4) is 5.75 Å². The number of carbonyl (C=O) groups is 2. The number of methoxy groups -OCH3 is 1. The van der Waals surface area contributed by atoms with Crippen LogP contribution in [0.3, 0.4) is 0 Å². The Kier molecular flexibility index (Phi) is 3.65. The van der Waals surface area contributed by atoms with E-state index in [1.165, 1.54) is 0 Å². The Labute approximate surface area is 127 Å². The zero-order valence-electron chi connectivity index (χ0n) is 11.9. The van der Waals surface area contributed by atoms with Gasteiger partial charge in [-0.15, -0.1) is 0 Å². The van der Waals surface area contributed by atoms with Crippen molar-refractivity contribution in [2.45, 2.75) is 6.61 Å². The number of amides is 2. The number of benzene rings is 2. The van der Waals surface area contributed by atoms with E-state index < -0.39 is 6.03 Å². The molecule has 2 aromatic carbocycles. The topological polar surface area (TPSA) is 76.7 Å². The van der Waals surface area contributed by atoms with Crippen LogP contribution in [0.1, 0.15) is 15.9 Å². The van der Waals surface area contributed by atoms with Crippen molar-refractivity contribution in [3.05, 3.63) is 53.6 Å². The highest BCUT2D eigenvalue weighted by molar-refractivity contribution is 6.01. The molecule has 0 saturated carbocycles. The minimum Gasteiger partial charge on any atom is -0.497 e. The summed E-state index contributed by atoms with van der Waals surface area (Å²) in [6.07, 6.45) is 0. The highest BCUT2D eigenvalue weighted by Crippen LogP contribution is 2.23. The molecule has 0 aromatic heterocycles. The quantitative estimate of drug-likeness (QED) is 0.854. The molecule has 6 nitrogen and oxygen atoms in total. The van der Waals surface area contributed by atoms with E-state index >= 15 is 0 Å². The van der Waals surface area contributed by atoms with Crippen LogP contribution >= 0.6 is 0 Å². The largest absolute Gasteiger partial charge is 0.497 e. The number of nitrogens with one attached hydrogen (secondary N) is 2. The first-order chi connectivity index (χ1) is 10.7. The third kappa shape index (κ3) is 2.85. The molecule has 0 bridgehead atoms. The average Bonchev–Trinajstić information content (AvgIpc) is 2.89. The molecule has 0 radical (unpaired) electrons. The summed E-state index contributed by atoms with van der Waals surface area (Å²) in [5.41, 5.74) is 2.48. The van der Waals surface area contributed by atoms with Crippen molar-refractivity contribution >= 4 is 23.4 Å². The van der Waals surface area contributed by atoms with Crippen LogP contribution in [0.15, 0.2) is 42.5 Å². The van der Waals surface area contributed by atoms with Crippen LogP contribution < -0.4 is 15.4 Å². The highest BCUT2D eigenvalue weighted by atomic mass is 16.5. The fourth-order valence-corrected chi connectivity index (χ4v) is 2.16. The lowest BCUT2D eigenvalue weighted by Crippen LogP contribution is -2.19. The number of anilines is 2. The molecule has 1 aliphatic rings. The Morgan fingerprint density at radius 3 is 2.50 bits per heavy atom. The van der Waals surface area contributed by atoms with E-state index in [4.69, 9.17) is 9.47 Å². The van der Waals surface area contributed by atoms with E-state index in [1.807, 2.05) is 0 Å². The first-order valence-corrected chi connectivity index (χ1v) is 6.68. The van der Waals surface area contributed by atoms with Crippen LogP contribution in [-0.4, -0.2) is 19.1 Å². The summed E-state index contributed by atoms with van der Waals surface area (Å²) < 4.78 is 9.97. The summed E-state index contributed by atoms with van der Waals surface area (Å²) in [7, 11) is 1.58. The number of rotatable bonds is 3. The average molecular weight is 298 g/mol. The van der Waals surface area contributed by atoms with E-state index in [2.05, 4.69) is 10.6 Å². The maximum atomic E-state index is 11.9. The first-order valence-electron chi connectivity index (χ1n) is 6.68. The third-order valence-electron chi connectivity index (χ3n) is 3.29. The molecule has 1 aliphatic heterocycles. The van der Waals surface area contributed by atoms with Crippen LogP contribution in [0.4, 0.5) is 16.2 Å². The van der Waals surface area contributed by atoms with Crippen molar-refractivity contribution in [2.24, 2.45) is 0 Å². The highest BCUT2D eigenvalue weighted by Gasteiger charge is 2.21. The lowest BCUT2D eigenvalue weighted by molar-refractivity contribution is 0.0535. The summed E-state index contributed by atoms with van der Waals surface area (Å²) in [6.45, 7) is 0.284. The van der Waals surface area contributed by atoms with Crippen LogP contribution in [0.5, 0.6) is 5.75 Å². The van der Waals surface area contributed by atoms with Gasteiger partial charge in [0.15, 0.2) is 0 Å². The number of fused-ring (bicyclic) bond motifs is 1. The van der Waals surface area contributed by atoms with Crippen LogP contribution in [0.25, 0.3) is 0 Å². The molecule has 0 fully saturated rings. The summed E-state index contributed by atoms with van der Waals surface area (Å²) >= 11 is 0. The molecule has 0 unspecified atom stereocenters. The summed E-state index contributed by atoms with van der Waals surface area (Å²) in [4.78, 5) is 23.4. The van der Waals surface area contributed by atoms with Gasteiger partial charge in [0.1, 0.15) is 12.4 Å². The van der Waals surface area contributed by atoms with Gasteiger partial charge in [-0.3, -0.25) is 0 Å². The molecule has 0 saturated heterocycles. The second-order valence-corrected chi connectivity index (χ2v) is 4.76. The SMILES string of the molecule is COc1ccc(NC(=O)Nc2ccc3c(c2)C(=O)OC3)cc1.